The number of hydrogen-bond donors (Lipinski definition) is 1. The van der Waals surface area contributed by atoms with Gasteiger partial charge in [-0.1, -0.05) is 11.6 Å². The van der Waals surface area contributed by atoms with Crippen molar-refractivity contribution in [1.82, 2.24) is 10.3 Å². The molecule has 5 heteroatoms. The number of aromatic nitrogens is 1. The van der Waals surface area contributed by atoms with Gasteiger partial charge in [-0.05, 0) is 28.9 Å². The van der Waals surface area contributed by atoms with Crippen LogP contribution in [0.15, 0.2) is 16.7 Å². The largest absolute Gasteiger partial charge is 0.353 e. The number of nitrogens with zero attached hydrogens (tertiary/aromatic N) is 2. The molecule has 3 nitrogen and oxygen atoms in total. The van der Waals surface area contributed by atoms with Crippen molar-refractivity contribution in [2.24, 2.45) is 0 Å². The molecule has 0 saturated carbocycles. The number of rotatable bonds is 1. The van der Waals surface area contributed by atoms with E-state index in [1.165, 1.54) is 0 Å². The van der Waals surface area contributed by atoms with Crippen molar-refractivity contribution in [2.45, 2.75) is 13.0 Å². The van der Waals surface area contributed by atoms with Crippen LogP contribution in [0.3, 0.4) is 0 Å². The zero-order valence-corrected chi connectivity index (χ0v) is 10.8. The topological polar surface area (TPSA) is 28.2 Å². The Labute approximate surface area is 103 Å². The van der Waals surface area contributed by atoms with Crippen molar-refractivity contribution in [3.05, 3.63) is 21.8 Å². The third-order valence-corrected chi connectivity index (χ3v) is 3.25. The minimum Gasteiger partial charge on any atom is -0.353 e. The number of pyridine rings is 1. The molecule has 0 aliphatic carbocycles. The van der Waals surface area contributed by atoms with Crippen molar-refractivity contribution in [2.75, 3.05) is 24.5 Å². The monoisotopic (exact) mass is 289 g/mol. The summed E-state index contributed by atoms with van der Waals surface area (Å²) in [5.74, 6) is 0.979. The molecule has 1 N–H and O–H groups in total. The third kappa shape index (κ3) is 2.62. The first-order valence-electron chi connectivity index (χ1n) is 4.96. The Morgan fingerprint density at radius 3 is 3.13 bits per heavy atom. The van der Waals surface area contributed by atoms with Crippen LogP contribution in [-0.4, -0.2) is 30.7 Å². The summed E-state index contributed by atoms with van der Waals surface area (Å²) in [7, 11) is 0. The van der Waals surface area contributed by atoms with Crippen LogP contribution in [0.5, 0.6) is 0 Å². The lowest BCUT2D eigenvalue weighted by atomic mass is 10.2. The van der Waals surface area contributed by atoms with Gasteiger partial charge in [-0.2, -0.15) is 0 Å². The van der Waals surface area contributed by atoms with Crippen LogP contribution >= 0.6 is 27.5 Å². The van der Waals surface area contributed by atoms with Gasteiger partial charge in [0.2, 0.25) is 0 Å². The maximum atomic E-state index is 5.86. The Morgan fingerprint density at radius 1 is 1.67 bits per heavy atom. The highest BCUT2D eigenvalue weighted by Crippen LogP contribution is 2.26. The molecule has 0 spiro atoms. The fourth-order valence-electron chi connectivity index (χ4n) is 1.76. The minimum atomic E-state index is 0.503. The van der Waals surface area contributed by atoms with E-state index in [4.69, 9.17) is 11.6 Å². The van der Waals surface area contributed by atoms with Gasteiger partial charge in [0, 0.05) is 31.9 Å². The van der Waals surface area contributed by atoms with Crippen molar-refractivity contribution >= 4 is 33.3 Å². The minimum absolute atomic E-state index is 0.503. The zero-order valence-electron chi connectivity index (χ0n) is 8.50. The van der Waals surface area contributed by atoms with Crippen molar-refractivity contribution in [3.63, 3.8) is 0 Å². The van der Waals surface area contributed by atoms with Crippen molar-refractivity contribution in [1.29, 1.82) is 0 Å². The molecule has 1 aliphatic heterocycles. The molecule has 0 bridgehead atoms. The van der Waals surface area contributed by atoms with E-state index in [-0.39, 0.29) is 0 Å². The lowest BCUT2D eigenvalue weighted by molar-refractivity contribution is 0.482. The van der Waals surface area contributed by atoms with E-state index in [1.54, 1.807) is 6.20 Å². The van der Waals surface area contributed by atoms with Gasteiger partial charge >= 0.3 is 0 Å². The fourth-order valence-corrected chi connectivity index (χ4v) is 2.65. The average Bonchev–Trinajstić information content (AvgIpc) is 2.17. The van der Waals surface area contributed by atoms with Crippen molar-refractivity contribution < 1.29 is 0 Å². The molecule has 1 fully saturated rings. The average molecular weight is 291 g/mol. The number of nitrogens with one attached hydrogen (secondary N) is 1. The second-order valence-corrected chi connectivity index (χ2v) is 5.05. The van der Waals surface area contributed by atoms with Crippen LogP contribution in [0.1, 0.15) is 6.92 Å². The lowest BCUT2D eigenvalue weighted by Gasteiger charge is -2.33. The summed E-state index contributed by atoms with van der Waals surface area (Å²) >= 11 is 9.35. The van der Waals surface area contributed by atoms with Gasteiger partial charge in [-0.25, -0.2) is 4.98 Å². The van der Waals surface area contributed by atoms with Crippen LogP contribution in [0.4, 0.5) is 5.82 Å². The Bertz CT molecular complexity index is 359. The summed E-state index contributed by atoms with van der Waals surface area (Å²) in [6.07, 6.45) is 1.69. The van der Waals surface area contributed by atoms with Gasteiger partial charge < -0.3 is 10.2 Å². The van der Waals surface area contributed by atoms with E-state index in [2.05, 4.69) is 38.1 Å². The second-order valence-electron chi connectivity index (χ2n) is 3.76. The second kappa shape index (κ2) is 4.68. The van der Waals surface area contributed by atoms with E-state index < -0.39 is 0 Å². The maximum absolute atomic E-state index is 5.86. The summed E-state index contributed by atoms with van der Waals surface area (Å²) < 4.78 is 0.962. The summed E-state index contributed by atoms with van der Waals surface area (Å²) in [6.45, 7) is 5.14. The van der Waals surface area contributed by atoms with Crippen LogP contribution in [0.2, 0.25) is 5.02 Å². The zero-order chi connectivity index (χ0) is 10.8. The summed E-state index contributed by atoms with van der Waals surface area (Å²) in [5, 5.41) is 4.06. The number of piperazine rings is 1. The Morgan fingerprint density at radius 2 is 2.47 bits per heavy atom. The summed E-state index contributed by atoms with van der Waals surface area (Å²) in [4.78, 5) is 6.62. The van der Waals surface area contributed by atoms with Crippen LogP contribution in [0.25, 0.3) is 0 Å². The third-order valence-electron chi connectivity index (χ3n) is 2.46. The molecule has 15 heavy (non-hydrogen) atoms. The lowest BCUT2D eigenvalue weighted by Crippen LogP contribution is -2.49. The number of anilines is 1. The molecule has 2 rings (SSSR count). The van der Waals surface area contributed by atoms with Crippen LogP contribution in [0, 0.1) is 0 Å². The van der Waals surface area contributed by atoms with Crippen molar-refractivity contribution in [3.8, 4) is 0 Å². The quantitative estimate of drug-likeness (QED) is 0.860. The first-order valence-corrected chi connectivity index (χ1v) is 6.13. The van der Waals surface area contributed by atoms with E-state index in [1.807, 2.05) is 6.07 Å². The first kappa shape index (κ1) is 11.2. The molecule has 1 aromatic heterocycles. The van der Waals surface area contributed by atoms with Gasteiger partial charge in [-0.15, -0.1) is 0 Å². The molecule has 2 heterocycles. The van der Waals surface area contributed by atoms with Gasteiger partial charge in [-0.3, -0.25) is 0 Å². The van der Waals surface area contributed by atoms with E-state index in [9.17, 15) is 0 Å². The predicted molar refractivity (Wildman–Crippen MR) is 66.6 cm³/mol. The predicted octanol–water partition coefficient (Wildman–Crippen LogP) is 2.30. The molecule has 0 aromatic carbocycles. The fraction of sp³-hybridized carbons (Fsp3) is 0.500. The van der Waals surface area contributed by atoms with Gasteiger partial charge in [0.05, 0.1) is 9.50 Å². The maximum Gasteiger partial charge on any atom is 0.143 e. The Hall–Kier alpha value is -0.320. The van der Waals surface area contributed by atoms with Gasteiger partial charge in [0.15, 0.2) is 0 Å². The highest BCUT2D eigenvalue weighted by atomic mass is 79.9. The van der Waals surface area contributed by atoms with Crippen LogP contribution in [-0.2, 0) is 0 Å². The number of halogens is 2. The van der Waals surface area contributed by atoms with E-state index in [0.717, 1.165) is 29.9 Å². The molecular weight excluding hydrogens is 277 g/mol. The van der Waals surface area contributed by atoms with Gasteiger partial charge in [0.1, 0.15) is 5.82 Å². The molecule has 0 amide bonds. The SMILES string of the molecule is C[C@@H]1CN(c2ncc(Cl)cc2Br)CCN1. The molecule has 82 valence electrons. The number of hydrogen-bond acceptors (Lipinski definition) is 3. The highest BCUT2D eigenvalue weighted by molar-refractivity contribution is 9.10. The Balaban J connectivity index is 2.21. The highest BCUT2D eigenvalue weighted by Gasteiger charge is 2.18. The van der Waals surface area contributed by atoms with E-state index in [0.29, 0.717) is 11.1 Å². The molecular formula is C10H13BrClN3. The molecule has 1 aliphatic rings. The van der Waals surface area contributed by atoms with E-state index >= 15 is 0 Å². The molecule has 0 radical (unpaired) electrons. The Kier molecular flexibility index (Phi) is 3.49. The molecule has 1 saturated heterocycles. The normalized spacial score (nSPS) is 21.8. The first-order chi connectivity index (χ1) is 7.16. The molecule has 1 atom stereocenters. The smallest absolute Gasteiger partial charge is 0.143 e. The summed E-state index contributed by atoms with van der Waals surface area (Å²) in [6, 6.07) is 2.39. The van der Waals surface area contributed by atoms with Crippen LogP contribution < -0.4 is 10.2 Å². The molecule has 0 unspecified atom stereocenters. The standard InChI is InChI=1S/C10H13BrClN3/c1-7-6-15(3-2-13-7)10-9(11)4-8(12)5-14-10/h4-5,7,13H,2-3,6H2,1H3/t7-/m1/s1. The summed E-state index contributed by atoms with van der Waals surface area (Å²) in [5.41, 5.74) is 0. The van der Waals surface area contributed by atoms with Gasteiger partial charge in [0.25, 0.3) is 0 Å². The molecule has 1 aromatic rings.